The summed E-state index contributed by atoms with van der Waals surface area (Å²) in [5.74, 6) is 0. The van der Waals surface area contributed by atoms with E-state index in [0.29, 0.717) is 5.56 Å². The molecule has 2 aromatic heterocycles. The molecule has 0 unspecified atom stereocenters. The highest BCUT2D eigenvalue weighted by molar-refractivity contribution is 7.22. The summed E-state index contributed by atoms with van der Waals surface area (Å²) < 4.78 is 1.02. The van der Waals surface area contributed by atoms with Crippen molar-refractivity contribution in [2.75, 3.05) is 0 Å². The molecule has 0 amide bonds. The third kappa shape index (κ3) is 1.67. The molecular formula is C13H7N3S. The van der Waals surface area contributed by atoms with E-state index in [2.05, 4.69) is 22.1 Å². The van der Waals surface area contributed by atoms with Crippen LogP contribution in [0.25, 0.3) is 20.7 Å². The van der Waals surface area contributed by atoms with Gasteiger partial charge in [0.15, 0.2) is 0 Å². The molecule has 0 fully saturated rings. The lowest BCUT2D eigenvalue weighted by molar-refractivity contribution is 1.18. The number of nitrogens with zero attached hydrogens (tertiary/aromatic N) is 3. The van der Waals surface area contributed by atoms with E-state index >= 15 is 0 Å². The summed E-state index contributed by atoms with van der Waals surface area (Å²) >= 11 is 1.59. The van der Waals surface area contributed by atoms with Crippen LogP contribution in [0.15, 0.2) is 42.9 Å². The van der Waals surface area contributed by atoms with Crippen LogP contribution in [0.1, 0.15) is 5.56 Å². The molecule has 0 aliphatic heterocycles. The Morgan fingerprint density at radius 1 is 1.24 bits per heavy atom. The Labute approximate surface area is 102 Å². The third-order valence-corrected chi connectivity index (χ3v) is 3.71. The van der Waals surface area contributed by atoms with Crippen LogP contribution in [-0.2, 0) is 0 Å². The first-order valence-electron chi connectivity index (χ1n) is 5.07. The Morgan fingerprint density at radius 2 is 2.18 bits per heavy atom. The number of thiophene rings is 1. The molecule has 0 aliphatic carbocycles. The Bertz CT molecular complexity index is 710. The minimum atomic E-state index is 0.716. The van der Waals surface area contributed by atoms with Crippen molar-refractivity contribution in [3.05, 3.63) is 48.4 Å². The number of benzene rings is 1. The van der Waals surface area contributed by atoms with Crippen molar-refractivity contribution < 1.29 is 0 Å². The Balaban J connectivity index is 2.25. The number of aromatic nitrogens is 2. The number of nitriles is 1. The third-order valence-electron chi connectivity index (χ3n) is 2.50. The predicted molar refractivity (Wildman–Crippen MR) is 67.6 cm³/mol. The molecule has 0 radical (unpaired) electrons. The predicted octanol–water partition coefficient (Wildman–Crippen LogP) is 3.23. The maximum atomic E-state index is 9.05. The average Bonchev–Trinajstić information content (AvgIpc) is 2.83. The summed E-state index contributed by atoms with van der Waals surface area (Å²) in [6.45, 7) is 0. The summed E-state index contributed by atoms with van der Waals surface area (Å²) in [6.07, 6.45) is 3.25. The molecule has 0 atom stereocenters. The van der Waals surface area contributed by atoms with Gasteiger partial charge in [-0.2, -0.15) is 5.26 Å². The summed E-state index contributed by atoms with van der Waals surface area (Å²) in [6, 6.07) is 11.9. The van der Waals surface area contributed by atoms with Gasteiger partial charge in [-0.3, -0.25) is 0 Å². The molecule has 3 nitrogen and oxygen atoms in total. The standard InChI is InChI=1S/C13H7N3S/c14-7-10-3-1-2-9-6-12(17-13(9)10)11-4-5-15-8-16-11/h1-6,8H. The molecule has 0 aliphatic rings. The van der Waals surface area contributed by atoms with Crippen LogP contribution in [-0.4, -0.2) is 9.97 Å². The second-order valence-corrected chi connectivity index (χ2v) is 4.59. The minimum absolute atomic E-state index is 0.716. The first kappa shape index (κ1) is 9.94. The summed E-state index contributed by atoms with van der Waals surface area (Å²) in [4.78, 5) is 9.18. The second kappa shape index (κ2) is 3.96. The Morgan fingerprint density at radius 3 is 2.94 bits per heavy atom. The van der Waals surface area contributed by atoms with E-state index < -0.39 is 0 Å². The van der Waals surface area contributed by atoms with Gasteiger partial charge in [0.25, 0.3) is 0 Å². The highest BCUT2D eigenvalue weighted by Crippen LogP contribution is 2.33. The molecule has 0 bridgehead atoms. The molecule has 2 heterocycles. The molecule has 1 aromatic carbocycles. The molecule has 3 rings (SSSR count). The first-order valence-corrected chi connectivity index (χ1v) is 5.89. The van der Waals surface area contributed by atoms with Gasteiger partial charge in [0.05, 0.1) is 20.8 Å². The van der Waals surface area contributed by atoms with Gasteiger partial charge in [0.2, 0.25) is 0 Å². The lowest BCUT2D eigenvalue weighted by Crippen LogP contribution is -1.79. The highest BCUT2D eigenvalue weighted by atomic mass is 32.1. The van der Waals surface area contributed by atoms with Crippen LogP contribution in [0.4, 0.5) is 0 Å². The molecule has 0 N–H and O–H groups in total. The van der Waals surface area contributed by atoms with E-state index in [1.165, 1.54) is 6.33 Å². The fourth-order valence-electron chi connectivity index (χ4n) is 1.71. The van der Waals surface area contributed by atoms with Crippen molar-refractivity contribution in [2.24, 2.45) is 0 Å². The van der Waals surface area contributed by atoms with Gasteiger partial charge in [-0.25, -0.2) is 9.97 Å². The molecule has 4 heteroatoms. The fourth-order valence-corrected chi connectivity index (χ4v) is 2.81. The molecule has 0 spiro atoms. The fraction of sp³-hybridized carbons (Fsp3) is 0. The van der Waals surface area contributed by atoms with E-state index in [4.69, 9.17) is 5.26 Å². The molecule has 0 saturated carbocycles. The number of fused-ring (bicyclic) bond motifs is 1. The summed E-state index contributed by atoms with van der Waals surface area (Å²) in [5.41, 5.74) is 1.61. The normalized spacial score (nSPS) is 10.3. The summed E-state index contributed by atoms with van der Waals surface area (Å²) in [5, 5.41) is 10.1. The average molecular weight is 237 g/mol. The largest absolute Gasteiger partial charge is 0.245 e. The first-order chi connectivity index (χ1) is 8.38. The van der Waals surface area contributed by atoms with Gasteiger partial charge in [0.1, 0.15) is 12.4 Å². The zero-order valence-electron chi connectivity index (χ0n) is 8.79. The van der Waals surface area contributed by atoms with Crippen molar-refractivity contribution in [1.29, 1.82) is 5.26 Å². The van der Waals surface area contributed by atoms with Gasteiger partial charge in [-0.1, -0.05) is 12.1 Å². The number of rotatable bonds is 1. The minimum Gasteiger partial charge on any atom is -0.245 e. The SMILES string of the molecule is N#Cc1cccc2cc(-c3ccncn3)sc12. The van der Waals surface area contributed by atoms with Crippen molar-refractivity contribution in [3.63, 3.8) is 0 Å². The van der Waals surface area contributed by atoms with Crippen molar-refractivity contribution >= 4 is 21.4 Å². The lowest BCUT2D eigenvalue weighted by atomic mass is 10.2. The Hall–Kier alpha value is -2.25. The van der Waals surface area contributed by atoms with E-state index in [9.17, 15) is 0 Å². The number of hydrogen-bond acceptors (Lipinski definition) is 4. The van der Waals surface area contributed by atoms with Gasteiger partial charge >= 0.3 is 0 Å². The van der Waals surface area contributed by atoms with E-state index in [0.717, 1.165) is 20.7 Å². The molecule has 80 valence electrons. The van der Waals surface area contributed by atoms with E-state index in [1.54, 1.807) is 17.5 Å². The van der Waals surface area contributed by atoms with Crippen LogP contribution in [0.5, 0.6) is 0 Å². The van der Waals surface area contributed by atoms with Crippen molar-refractivity contribution in [3.8, 4) is 16.6 Å². The quantitative estimate of drug-likeness (QED) is 0.652. The van der Waals surface area contributed by atoms with Crippen molar-refractivity contribution in [2.45, 2.75) is 0 Å². The highest BCUT2D eigenvalue weighted by Gasteiger charge is 2.07. The maximum Gasteiger partial charge on any atom is 0.116 e. The van der Waals surface area contributed by atoms with Crippen LogP contribution >= 0.6 is 11.3 Å². The van der Waals surface area contributed by atoms with Crippen molar-refractivity contribution in [1.82, 2.24) is 9.97 Å². The number of hydrogen-bond donors (Lipinski definition) is 0. The van der Waals surface area contributed by atoms with Gasteiger partial charge < -0.3 is 0 Å². The van der Waals surface area contributed by atoms with E-state index in [1.807, 2.05) is 24.3 Å². The Kier molecular flexibility index (Phi) is 2.32. The van der Waals surface area contributed by atoms with Gasteiger partial charge in [-0.05, 0) is 23.6 Å². The lowest BCUT2D eigenvalue weighted by Gasteiger charge is -1.92. The monoisotopic (exact) mass is 237 g/mol. The zero-order valence-corrected chi connectivity index (χ0v) is 9.61. The second-order valence-electron chi connectivity index (χ2n) is 3.54. The maximum absolute atomic E-state index is 9.05. The van der Waals surface area contributed by atoms with Crippen LogP contribution in [0, 0.1) is 11.3 Å². The van der Waals surface area contributed by atoms with Crippen LogP contribution < -0.4 is 0 Å². The molecule has 0 saturated heterocycles. The molecule has 17 heavy (non-hydrogen) atoms. The molecular weight excluding hydrogens is 230 g/mol. The van der Waals surface area contributed by atoms with Gasteiger partial charge in [0, 0.05) is 6.20 Å². The topological polar surface area (TPSA) is 49.6 Å². The zero-order chi connectivity index (χ0) is 11.7. The van der Waals surface area contributed by atoms with E-state index in [-0.39, 0.29) is 0 Å². The smallest absolute Gasteiger partial charge is 0.116 e. The van der Waals surface area contributed by atoms with Crippen LogP contribution in [0.3, 0.4) is 0 Å². The molecule has 3 aromatic rings. The van der Waals surface area contributed by atoms with Gasteiger partial charge in [-0.15, -0.1) is 11.3 Å². The summed E-state index contributed by atoms with van der Waals surface area (Å²) in [7, 11) is 0. The van der Waals surface area contributed by atoms with Crippen LogP contribution in [0.2, 0.25) is 0 Å².